The standard InChI is InChI=1S/C38H22N4/c39-23-25-12-16-29(17-13-25)41-35-10-3-1-8-31(35)33-18-15-28(22-38(33)41)27-6-5-7-30(21-27)42-36-11-4-2-9-32(36)34-20-26(24-40)14-19-37(34)42/h1-22H. The highest BCUT2D eigenvalue weighted by atomic mass is 15.0. The summed E-state index contributed by atoms with van der Waals surface area (Å²) in [5.41, 5.74) is 10.1. The molecule has 2 heterocycles. The molecule has 0 saturated heterocycles. The van der Waals surface area contributed by atoms with Crippen LogP contribution in [0.2, 0.25) is 0 Å². The molecule has 0 N–H and O–H groups in total. The van der Waals surface area contributed by atoms with Crippen molar-refractivity contribution in [1.29, 1.82) is 10.5 Å². The van der Waals surface area contributed by atoms with Crippen LogP contribution in [0.5, 0.6) is 0 Å². The van der Waals surface area contributed by atoms with Gasteiger partial charge in [0.2, 0.25) is 0 Å². The molecule has 0 unspecified atom stereocenters. The first-order valence-electron chi connectivity index (χ1n) is 13.8. The highest BCUT2D eigenvalue weighted by Crippen LogP contribution is 2.37. The van der Waals surface area contributed by atoms with Crippen LogP contribution in [0, 0.1) is 22.7 Å². The van der Waals surface area contributed by atoms with Gasteiger partial charge in [-0.25, -0.2) is 0 Å². The second-order valence-electron chi connectivity index (χ2n) is 10.5. The van der Waals surface area contributed by atoms with Crippen LogP contribution in [0.3, 0.4) is 0 Å². The molecule has 0 amide bonds. The maximum absolute atomic E-state index is 9.52. The van der Waals surface area contributed by atoms with E-state index in [1.54, 1.807) is 0 Å². The molecule has 6 aromatic carbocycles. The molecular weight excluding hydrogens is 512 g/mol. The number of benzene rings is 6. The molecule has 4 heteroatoms. The Kier molecular flexibility index (Phi) is 5.22. The molecule has 0 saturated carbocycles. The summed E-state index contributed by atoms with van der Waals surface area (Å²) in [6.07, 6.45) is 0. The predicted octanol–water partition coefficient (Wildman–Crippen LogP) is 9.29. The van der Waals surface area contributed by atoms with Crippen LogP contribution in [0.1, 0.15) is 11.1 Å². The summed E-state index contributed by atoms with van der Waals surface area (Å²) in [6, 6.07) is 50.3. The number of fused-ring (bicyclic) bond motifs is 6. The van der Waals surface area contributed by atoms with E-state index in [1.165, 1.54) is 10.8 Å². The summed E-state index contributed by atoms with van der Waals surface area (Å²) >= 11 is 0. The van der Waals surface area contributed by atoms with Crippen LogP contribution in [0.15, 0.2) is 133 Å². The van der Waals surface area contributed by atoms with Crippen molar-refractivity contribution < 1.29 is 0 Å². The normalized spacial score (nSPS) is 11.3. The van der Waals surface area contributed by atoms with Crippen molar-refractivity contribution in [2.75, 3.05) is 0 Å². The number of para-hydroxylation sites is 2. The summed E-state index contributed by atoms with van der Waals surface area (Å²) in [5.74, 6) is 0. The average Bonchev–Trinajstić information content (AvgIpc) is 3.57. The summed E-state index contributed by atoms with van der Waals surface area (Å²) in [6.45, 7) is 0. The Hall–Kier alpha value is -6.10. The van der Waals surface area contributed by atoms with E-state index >= 15 is 0 Å². The minimum absolute atomic E-state index is 0.644. The lowest BCUT2D eigenvalue weighted by Crippen LogP contribution is -1.95. The lowest BCUT2D eigenvalue weighted by atomic mass is 10.0. The third-order valence-corrected chi connectivity index (χ3v) is 8.17. The Morgan fingerprint density at radius 2 is 0.976 bits per heavy atom. The van der Waals surface area contributed by atoms with Gasteiger partial charge in [-0.2, -0.15) is 10.5 Å². The third kappa shape index (κ3) is 3.53. The number of aromatic nitrogens is 2. The van der Waals surface area contributed by atoms with Crippen molar-refractivity contribution in [3.8, 4) is 34.6 Å². The third-order valence-electron chi connectivity index (χ3n) is 8.17. The smallest absolute Gasteiger partial charge is 0.0991 e. The Bertz CT molecular complexity index is 2430. The van der Waals surface area contributed by atoms with Crippen molar-refractivity contribution >= 4 is 43.6 Å². The van der Waals surface area contributed by atoms with E-state index < -0.39 is 0 Å². The van der Waals surface area contributed by atoms with E-state index in [0.29, 0.717) is 11.1 Å². The first-order chi connectivity index (χ1) is 20.7. The molecule has 0 bridgehead atoms. The second kappa shape index (κ2) is 9.24. The summed E-state index contributed by atoms with van der Waals surface area (Å²) in [4.78, 5) is 0. The van der Waals surface area contributed by atoms with Gasteiger partial charge in [0.05, 0.1) is 45.3 Å². The molecule has 0 spiro atoms. The average molecular weight is 535 g/mol. The van der Waals surface area contributed by atoms with E-state index in [9.17, 15) is 10.5 Å². The van der Waals surface area contributed by atoms with Gasteiger partial charge < -0.3 is 9.13 Å². The van der Waals surface area contributed by atoms with Crippen LogP contribution in [-0.2, 0) is 0 Å². The lowest BCUT2D eigenvalue weighted by molar-refractivity contribution is 1.18. The Balaban J connectivity index is 1.34. The maximum Gasteiger partial charge on any atom is 0.0991 e. The second-order valence-corrected chi connectivity index (χ2v) is 10.5. The number of hydrogen-bond donors (Lipinski definition) is 0. The van der Waals surface area contributed by atoms with E-state index in [2.05, 4.69) is 106 Å². The Morgan fingerprint density at radius 3 is 1.71 bits per heavy atom. The molecule has 2 aromatic heterocycles. The molecule has 0 fully saturated rings. The first kappa shape index (κ1) is 23.8. The van der Waals surface area contributed by atoms with Crippen molar-refractivity contribution in [2.45, 2.75) is 0 Å². The molecule has 4 nitrogen and oxygen atoms in total. The van der Waals surface area contributed by atoms with Gasteiger partial charge in [-0.1, -0.05) is 60.7 Å². The van der Waals surface area contributed by atoms with Gasteiger partial charge in [0.15, 0.2) is 0 Å². The minimum atomic E-state index is 0.644. The van der Waals surface area contributed by atoms with E-state index in [1.807, 2.05) is 48.5 Å². The lowest BCUT2D eigenvalue weighted by Gasteiger charge is -2.12. The molecule has 0 radical (unpaired) electrons. The van der Waals surface area contributed by atoms with Gasteiger partial charge in [-0.15, -0.1) is 0 Å². The van der Waals surface area contributed by atoms with Crippen molar-refractivity contribution in [3.05, 3.63) is 145 Å². The highest BCUT2D eigenvalue weighted by Gasteiger charge is 2.15. The fourth-order valence-corrected chi connectivity index (χ4v) is 6.26. The molecule has 0 atom stereocenters. The van der Waals surface area contributed by atoms with Gasteiger partial charge in [0.1, 0.15) is 0 Å². The van der Waals surface area contributed by atoms with Gasteiger partial charge >= 0.3 is 0 Å². The van der Waals surface area contributed by atoms with Gasteiger partial charge in [0.25, 0.3) is 0 Å². The number of nitriles is 2. The minimum Gasteiger partial charge on any atom is -0.309 e. The SMILES string of the molecule is N#Cc1ccc(-n2c3ccccc3c3ccc(-c4cccc(-n5c6ccccc6c6cc(C#N)ccc65)c4)cc32)cc1. The van der Waals surface area contributed by atoms with Crippen molar-refractivity contribution in [1.82, 2.24) is 9.13 Å². The van der Waals surface area contributed by atoms with E-state index in [4.69, 9.17) is 0 Å². The molecular formula is C38H22N4. The topological polar surface area (TPSA) is 57.4 Å². The van der Waals surface area contributed by atoms with Crippen LogP contribution in [-0.4, -0.2) is 9.13 Å². The van der Waals surface area contributed by atoms with Crippen LogP contribution in [0.25, 0.3) is 66.1 Å². The zero-order valence-corrected chi connectivity index (χ0v) is 22.5. The molecule has 8 aromatic rings. The quantitative estimate of drug-likeness (QED) is 0.227. The summed E-state index contributed by atoms with van der Waals surface area (Å²) in [5, 5.41) is 23.4. The summed E-state index contributed by atoms with van der Waals surface area (Å²) in [7, 11) is 0. The van der Waals surface area contributed by atoms with Crippen LogP contribution >= 0.6 is 0 Å². The van der Waals surface area contributed by atoms with Crippen molar-refractivity contribution in [3.63, 3.8) is 0 Å². The predicted molar refractivity (Wildman–Crippen MR) is 170 cm³/mol. The monoisotopic (exact) mass is 534 g/mol. The van der Waals surface area contributed by atoms with Gasteiger partial charge in [0, 0.05) is 32.9 Å². The molecule has 42 heavy (non-hydrogen) atoms. The molecule has 194 valence electrons. The molecule has 0 aliphatic heterocycles. The summed E-state index contributed by atoms with van der Waals surface area (Å²) < 4.78 is 4.56. The highest BCUT2D eigenvalue weighted by molar-refractivity contribution is 6.11. The Labute approximate surface area is 242 Å². The number of hydrogen-bond acceptors (Lipinski definition) is 2. The maximum atomic E-state index is 9.52. The van der Waals surface area contributed by atoms with Crippen molar-refractivity contribution in [2.24, 2.45) is 0 Å². The fourth-order valence-electron chi connectivity index (χ4n) is 6.26. The number of rotatable bonds is 3. The molecule has 0 aliphatic carbocycles. The van der Waals surface area contributed by atoms with E-state index in [-0.39, 0.29) is 0 Å². The molecule has 0 aliphatic rings. The molecule has 8 rings (SSSR count). The Morgan fingerprint density at radius 1 is 0.381 bits per heavy atom. The van der Waals surface area contributed by atoms with Crippen LogP contribution in [0.4, 0.5) is 0 Å². The van der Waals surface area contributed by atoms with Gasteiger partial charge in [-0.05, 0) is 83.9 Å². The van der Waals surface area contributed by atoms with Crippen LogP contribution < -0.4 is 0 Å². The zero-order chi connectivity index (χ0) is 28.2. The van der Waals surface area contributed by atoms with Gasteiger partial charge in [-0.3, -0.25) is 0 Å². The largest absolute Gasteiger partial charge is 0.309 e. The van der Waals surface area contributed by atoms with E-state index in [0.717, 1.165) is 55.3 Å². The fraction of sp³-hybridized carbons (Fsp3) is 0. The first-order valence-corrected chi connectivity index (χ1v) is 13.8. The number of nitrogens with zero attached hydrogens (tertiary/aromatic N) is 4. The zero-order valence-electron chi connectivity index (χ0n) is 22.5.